The van der Waals surface area contributed by atoms with E-state index in [0.717, 1.165) is 12.8 Å². The van der Waals surface area contributed by atoms with Crippen LogP contribution in [0.4, 0.5) is 0 Å². The lowest BCUT2D eigenvalue weighted by Crippen LogP contribution is -1.90. The molecule has 0 N–H and O–H groups in total. The molecule has 0 aromatic heterocycles. The fourth-order valence-corrected chi connectivity index (χ4v) is 3.23. The zero-order valence-electron chi connectivity index (χ0n) is 13.7. The van der Waals surface area contributed by atoms with Crippen LogP contribution in [0.1, 0.15) is 22.3 Å². The summed E-state index contributed by atoms with van der Waals surface area (Å²) in [6, 6.07) is 34.9. The molecular formula is C24H20. The number of rotatable bonds is 4. The average Bonchev–Trinajstić information content (AvgIpc) is 2.64. The van der Waals surface area contributed by atoms with Gasteiger partial charge in [0.2, 0.25) is 0 Å². The van der Waals surface area contributed by atoms with E-state index >= 15 is 0 Å². The summed E-state index contributed by atoms with van der Waals surface area (Å²) in [5, 5.41) is 2.64. The second-order valence-corrected chi connectivity index (χ2v) is 6.34. The molecule has 0 amide bonds. The van der Waals surface area contributed by atoms with E-state index in [4.69, 9.17) is 0 Å². The number of hydrogen-bond acceptors (Lipinski definition) is 0. The van der Waals surface area contributed by atoms with Gasteiger partial charge in [0.25, 0.3) is 0 Å². The lowest BCUT2D eigenvalue weighted by molar-refractivity contribution is 1.19. The molecule has 0 aliphatic carbocycles. The topological polar surface area (TPSA) is 0 Å². The zero-order valence-corrected chi connectivity index (χ0v) is 13.7. The normalized spacial score (nSPS) is 10.8. The predicted molar refractivity (Wildman–Crippen MR) is 102 cm³/mol. The van der Waals surface area contributed by atoms with Crippen LogP contribution in [0, 0.1) is 0 Å². The first-order valence-electron chi connectivity index (χ1n) is 8.46. The SMILES string of the molecule is c1ccc(Cc2ccc3cc(Cc4ccccc4)ccc3c2)cc1. The smallest absolute Gasteiger partial charge is 0.00256 e. The van der Waals surface area contributed by atoms with E-state index in [2.05, 4.69) is 97.1 Å². The van der Waals surface area contributed by atoms with Crippen LogP contribution in [0.2, 0.25) is 0 Å². The molecule has 4 aromatic carbocycles. The summed E-state index contributed by atoms with van der Waals surface area (Å²) >= 11 is 0. The molecule has 0 unspecified atom stereocenters. The van der Waals surface area contributed by atoms with E-state index in [-0.39, 0.29) is 0 Å². The van der Waals surface area contributed by atoms with Gasteiger partial charge >= 0.3 is 0 Å². The fraction of sp³-hybridized carbons (Fsp3) is 0.0833. The molecule has 116 valence electrons. The second-order valence-electron chi connectivity index (χ2n) is 6.34. The molecular weight excluding hydrogens is 288 g/mol. The molecule has 0 heteroatoms. The Hall–Kier alpha value is -2.86. The van der Waals surface area contributed by atoms with Crippen molar-refractivity contribution in [1.29, 1.82) is 0 Å². The summed E-state index contributed by atoms with van der Waals surface area (Å²) in [7, 11) is 0. The molecule has 0 heterocycles. The Morgan fingerprint density at radius 3 is 1.21 bits per heavy atom. The molecule has 4 aromatic rings. The Morgan fingerprint density at radius 2 is 0.792 bits per heavy atom. The van der Waals surface area contributed by atoms with Crippen molar-refractivity contribution in [1.82, 2.24) is 0 Å². The Bertz CT molecular complexity index is 856. The zero-order chi connectivity index (χ0) is 16.2. The standard InChI is InChI=1S/C24H20/c1-3-7-19(8-4-1)15-21-11-13-24-18-22(12-14-23(24)17-21)16-20-9-5-2-6-10-20/h1-14,17-18H,15-16H2. The molecule has 0 saturated heterocycles. The maximum Gasteiger partial charge on any atom is -0.00256 e. The van der Waals surface area contributed by atoms with Crippen molar-refractivity contribution in [2.45, 2.75) is 12.8 Å². The van der Waals surface area contributed by atoms with Gasteiger partial charge in [-0.05, 0) is 45.9 Å². The highest BCUT2D eigenvalue weighted by Gasteiger charge is 2.01. The minimum atomic E-state index is 0.989. The summed E-state index contributed by atoms with van der Waals surface area (Å²) in [6.07, 6.45) is 1.98. The van der Waals surface area contributed by atoms with Gasteiger partial charge in [-0.25, -0.2) is 0 Å². The molecule has 0 fully saturated rings. The third kappa shape index (κ3) is 3.38. The largest absolute Gasteiger partial charge is 0.0622 e. The van der Waals surface area contributed by atoms with Gasteiger partial charge in [0.15, 0.2) is 0 Å². The average molecular weight is 308 g/mol. The van der Waals surface area contributed by atoms with Gasteiger partial charge in [0.05, 0.1) is 0 Å². The van der Waals surface area contributed by atoms with Gasteiger partial charge in [-0.1, -0.05) is 97.1 Å². The molecule has 0 radical (unpaired) electrons. The highest BCUT2D eigenvalue weighted by Crippen LogP contribution is 2.21. The van der Waals surface area contributed by atoms with Crippen molar-refractivity contribution in [3.63, 3.8) is 0 Å². The monoisotopic (exact) mass is 308 g/mol. The van der Waals surface area contributed by atoms with Crippen LogP contribution in [0.25, 0.3) is 10.8 Å². The summed E-state index contributed by atoms with van der Waals surface area (Å²) in [5.74, 6) is 0. The van der Waals surface area contributed by atoms with Crippen LogP contribution >= 0.6 is 0 Å². The number of fused-ring (bicyclic) bond motifs is 1. The van der Waals surface area contributed by atoms with Crippen LogP contribution < -0.4 is 0 Å². The Labute approximate surface area is 143 Å². The highest BCUT2D eigenvalue weighted by molar-refractivity contribution is 5.84. The summed E-state index contributed by atoms with van der Waals surface area (Å²) in [4.78, 5) is 0. The first-order valence-corrected chi connectivity index (χ1v) is 8.46. The fourth-order valence-electron chi connectivity index (χ4n) is 3.23. The van der Waals surface area contributed by atoms with Gasteiger partial charge in [-0.3, -0.25) is 0 Å². The molecule has 0 nitrogen and oxygen atoms in total. The molecule has 24 heavy (non-hydrogen) atoms. The molecule has 0 bridgehead atoms. The molecule has 0 saturated carbocycles. The molecule has 0 aliphatic rings. The first-order chi connectivity index (χ1) is 11.9. The van der Waals surface area contributed by atoms with Crippen molar-refractivity contribution < 1.29 is 0 Å². The van der Waals surface area contributed by atoms with Crippen LogP contribution in [0.5, 0.6) is 0 Å². The van der Waals surface area contributed by atoms with Crippen LogP contribution in [0.3, 0.4) is 0 Å². The minimum absolute atomic E-state index is 0.989. The van der Waals surface area contributed by atoms with Crippen LogP contribution in [0.15, 0.2) is 97.1 Å². The van der Waals surface area contributed by atoms with Crippen LogP contribution in [-0.4, -0.2) is 0 Å². The third-order valence-corrected chi connectivity index (χ3v) is 4.47. The molecule has 4 rings (SSSR count). The quantitative estimate of drug-likeness (QED) is 0.432. The lowest BCUT2D eigenvalue weighted by Gasteiger charge is -2.07. The number of benzene rings is 4. The van der Waals surface area contributed by atoms with E-state index in [0.29, 0.717) is 0 Å². The molecule has 0 atom stereocenters. The van der Waals surface area contributed by atoms with Crippen LogP contribution in [-0.2, 0) is 12.8 Å². The Morgan fingerprint density at radius 1 is 0.375 bits per heavy atom. The summed E-state index contributed by atoms with van der Waals surface area (Å²) < 4.78 is 0. The van der Waals surface area contributed by atoms with Crippen molar-refractivity contribution in [3.8, 4) is 0 Å². The Kier molecular flexibility index (Phi) is 4.12. The highest BCUT2D eigenvalue weighted by atomic mass is 14.1. The van der Waals surface area contributed by atoms with Crippen molar-refractivity contribution in [3.05, 3.63) is 119 Å². The van der Waals surface area contributed by atoms with E-state index in [1.807, 2.05) is 0 Å². The van der Waals surface area contributed by atoms with Crippen molar-refractivity contribution in [2.24, 2.45) is 0 Å². The third-order valence-electron chi connectivity index (χ3n) is 4.47. The first kappa shape index (κ1) is 14.7. The molecule has 0 aliphatic heterocycles. The van der Waals surface area contributed by atoms with E-state index in [1.165, 1.54) is 33.0 Å². The molecule has 0 spiro atoms. The van der Waals surface area contributed by atoms with Gasteiger partial charge in [0, 0.05) is 0 Å². The lowest BCUT2D eigenvalue weighted by atomic mass is 9.98. The maximum absolute atomic E-state index is 2.31. The Balaban J connectivity index is 1.59. The van der Waals surface area contributed by atoms with E-state index in [1.54, 1.807) is 0 Å². The summed E-state index contributed by atoms with van der Waals surface area (Å²) in [6.45, 7) is 0. The van der Waals surface area contributed by atoms with Crippen molar-refractivity contribution >= 4 is 10.8 Å². The predicted octanol–water partition coefficient (Wildman–Crippen LogP) is 6.02. The summed E-state index contributed by atoms with van der Waals surface area (Å²) in [5.41, 5.74) is 5.45. The van der Waals surface area contributed by atoms with E-state index < -0.39 is 0 Å². The second kappa shape index (κ2) is 6.72. The van der Waals surface area contributed by atoms with E-state index in [9.17, 15) is 0 Å². The van der Waals surface area contributed by atoms with Gasteiger partial charge in [-0.2, -0.15) is 0 Å². The minimum Gasteiger partial charge on any atom is -0.0622 e. The maximum atomic E-state index is 2.31. The van der Waals surface area contributed by atoms with Gasteiger partial charge in [0.1, 0.15) is 0 Å². The van der Waals surface area contributed by atoms with Gasteiger partial charge < -0.3 is 0 Å². The number of hydrogen-bond donors (Lipinski definition) is 0. The van der Waals surface area contributed by atoms with Crippen molar-refractivity contribution in [2.75, 3.05) is 0 Å². The van der Waals surface area contributed by atoms with Gasteiger partial charge in [-0.15, -0.1) is 0 Å².